The van der Waals surface area contributed by atoms with Crippen molar-refractivity contribution in [2.75, 3.05) is 26.3 Å². The van der Waals surface area contributed by atoms with E-state index in [1.165, 1.54) is 0 Å². The second-order valence-corrected chi connectivity index (χ2v) is 7.03. The molecule has 0 unspecified atom stereocenters. The third kappa shape index (κ3) is 8.17. The van der Waals surface area contributed by atoms with Gasteiger partial charge in [-0.25, -0.2) is 9.59 Å². The summed E-state index contributed by atoms with van der Waals surface area (Å²) in [6, 6.07) is 0. The molecule has 1 rings (SSSR count). The van der Waals surface area contributed by atoms with Crippen molar-refractivity contribution < 1.29 is 28.6 Å². The van der Waals surface area contributed by atoms with Crippen molar-refractivity contribution >= 4 is 18.2 Å². The van der Waals surface area contributed by atoms with Crippen molar-refractivity contribution in [3.63, 3.8) is 0 Å². The number of ether oxygens (including phenoxy) is 3. The van der Waals surface area contributed by atoms with E-state index in [1.807, 2.05) is 27.7 Å². The fraction of sp³-hybridized carbons (Fsp3) is 0.824. The van der Waals surface area contributed by atoms with E-state index in [-0.39, 0.29) is 31.0 Å². The van der Waals surface area contributed by atoms with Gasteiger partial charge in [0, 0.05) is 19.5 Å². The molecule has 1 heterocycles. The van der Waals surface area contributed by atoms with Gasteiger partial charge in [-0.05, 0) is 30.6 Å². The van der Waals surface area contributed by atoms with Crippen LogP contribution in [0.2, 0.25) is 0 Å². The van der Waals surface area contributed by atoms with Crippen molar-refractivity contribution in [3.8, 4) is 0 Å². The lowest BCUT2D eigenvalue weighted by Gasteiger charge is -2.30. The predicted octanol–water partition coefficient (Wildman–Crippen LogP) is 3.22. The highest BCUT2D eigenvalue weighted by molar-refractivity contribution is 5.81. The van der Waals surface area contributed by atoms with Crippen LogP contribution in [0.25, 0.3) is 0 Å². The molecule has 0 aliphatic carbocycles. The van der Waals surface area contributed by atoms with Crippen LogP contribution in [0.1, 0.15) is 47.0 Å². The molecular formula is C17H29NO6. The Morgan fingerprint density at radius 2 is 1.50 bits per heavy atom. The second kappa shape index (κ2) is 10.2. The Morgan fingerprint density at radius 1 is 0.958 bits per heavy atom. The first-order valence-corrected chi connectivity index (χ1v) is 8.57. The number of hydrogen-bond donors (Lipinski definition) is 0. The number of rotatable bonds is 6. The molecule has 7 heteroatoms. The van der Waals surface area contributed by atoms with E-state index in [4.69, 9.17) is 9.47 Å². The van der Waals surface area contributed by atoms with E-state index in [0.29, 0.717) is 38.5 Å². The molecule has 0 spiro atoms. The van der Waals surface area contributed by atoms with Crippen molar-refractivity contribution in [1.29, 1.82) is 0 Å². The molecule has 0 aromatic rings. The number of hydrogen-bond acceptors (Lipinski definition) is 6. The number of nitrogens with zero attached hydrogens (tertiary/aromatic N) is 1. The first-order valence-electron chi connectivity index (χ1n) is 8.57. The minimum Gasteiger partial charge on any atom is -0.449 e. The van der Waals surface area contributed by atoms with E-state index in [9.17, 15) is 14.4 Å². The van der Waals surface area contributed by atoms with Gasteiger partial charge < -0.3 is 19.1 Å². The van der Waals surface area contributed by atoms with Crippen molar-refractivity contribution in [2.24, 2.45) is 17.8 Å². The number of esters is 1. The fourth-order valence-corrected chi connectivity index (χ4v) is 2.28. The van der Waals surface area contributed by atoms with Gasteiger partial charge >= 0.3 is 18.2 Å². The van der Waals surface area contributed by atoms with Gasteiger partial charge in [0.05, 0.1) is 13.2 Å². The summed E-state index contributed by atoms with van der Waals surface area (Å²) in [7, 11) is 0. The first-order chi connectivity index (χ1) is 11.3. The zero-order valence-electron chi connectivity index (χ0n) is 15.1. The molecule has 0 aromatic heterocycles. The topological polar surface area (TPSA) is 82.1 Å². The SMILES string of the molecule is CC(C)COC(=O)OC(=O)CC1CCN(C(=O)OCC(C)C)CC1. The number of carbonyl (C=O) groups is 3. The standard InChI is InChI=1S/C17H29NO6/c1-12(2)10-22-16(20)18-7-5-14(6-8-18)9-15(19)24-17(21)23-11-13(3)4/h12-14H,5-11H2,1-4H3. The Morgan fingerprint density at radius 3 is 2.04 bits per heavy atom. The summed E-state index contributed by atoms with van der Waals surface area (Å²) in [6.45, 7) is 9.49. The number of amides is 1. The van der Waals surface area contributed by atoms with Gasteiger partial charge in [-0.15, -0.1) is 0 Å². The number of carbonyl (C=O) groups excluding carboxylic acids is 3. The molecule has 1 saturated heterocycles. The normalized spacial score (nSPS) is 15.5. The van der Waals surface area contributed by atoms with Gasteiger partial charge in [-0.2, -0.15) is 0 Å². The maximum absolute atomic E-state index is 11.9. The minimum absolute atomic E-state index is 0.101. The van der Waals surface area contributed by atoms with Crippen LogP contribution in [0, 0.1) is 17.8 Å². The van der Waals surface area contributed by atoms with Crippen LogP contribution in [-0.4, -0.2) is 49.4 Å². The quantitative estimate of drug-likeness (QED) is 0.544. The molecule has 1 fully saturated rings. The Bertz CT molecular complexity index is 427. The largest absolute Gasteiger partial charge is 0.516 e. The Hall–Kier alpha value is -1.79. The van der Waals surface area contributed by atoms with Gasteiger partial charge in [-0.3, -0.25) is 4.79 Å². The molecule has 1 amide bonds. The molecule has 7 nitrogen and oxygen atoms in total. The van der Waals surface area contributed by atoms with E-state index in [2.05, 4.69) is 4.74 Å². The van der Waals surface area contributed by atoms with Crippen LogP contribution in [0.4, 0.5) is 9.59 Å². The molecule has 1 aliphatic heterocycles. The van der Waals surface area contributed by atoms with Crippen molar-refractivity contribution in [2.45, 2.75) is 47.0 Å². The smallest absolute Gasteiger partial charge is 0.449 e. The molecular weight excluding hydrogens is 314 g/mol. The molecule has 0 saturated carbocycles. The van der Waals surface area contributed by atoms with Gasteiger partial charge in [-0.1, -0.05) is 27.7 Å². The second-order valence-electron chi connectivity index (χ2n) is 7.03. The summed E-state index contributed by atoms with van der Waals surface area (Å²) >= 11 is 0. The number of piperidine rings is 1. The first kappa shape index (κ1) is 20.3. The molecule has 24 heavy (non-hydrogen) atoms. The van der Waals surface area contributed by atoms with Gasteiger partial charge in [0.15, 0.2) is 0 Å². The summed E-state index contributed by atoms with van der Waals surface area (Å²) in [4.78, 5) is 36.6. The Labute approximate surface area is 143 Å². The van der Waals surface area contributed by atoms with Crippen LogP contribution in [0.3, 0.4) is 0 Å². The molecule has 0 N–H and O–H groups in total. The van der Waals surface area contributed by atoms with Crippen molar-refractivity contribution in [3.05, 3.63) is 0 Å². The van der Waals surface area contributed by atoms with Crippen LogP contribution in [0.15, 0.2) is 0 Å². The summed E-state index contributed by atoms with van der Waals surface area (Å²) < 4.78 is 14.6. The molecule has 1 aliphatic rings. The van der Waals surface area contributed by atoms with Crippen LogP contribution >= 0.6 is 0 Å². The fourth-order valence-electron chi connectivity index (χ4n) is 2.28. The average Bonchev–Trinajstić information content (AvgIpc) is 2.51. The molecule has 0 radical (unpaired) electrons. The van der Waals surface area contributed by atoms with Crippen LogP contribution < -0.4 is 0 Å². The highest BCUT2D eigenvalue weighted by Crippen LogP contribution is 2.21. The zero-order valence-corrected chi connectivity index (χ0v) is 15.1. The van der Waals surface area contributed by atoms with Crippen LogP contribution in [-0.2, 0) is 19.0 Å². The van der Waals surface area contributed by atoms with Crippen molar-refractivity contribution in [1.82, 2.24) is 4.90 Å². The van der Waals surface area contributed by atoms with E-state index in [0.717, 1.165) is 0 Å². The highest BCUT2D eigenvalue weighted by Gasteiger charge is 2.26. The third-order valence-electron chi connectivity index (χ3n) is 3.60. The lowest BCUT2D eigenvalue weighted by Crippen LogP contribution is -2.39. The van der Waals surface area contributed by atoms with E-state index < -0.39 is 12.1 Å². The average molecular weight is 343 g/mol. The number of likely N-dealkylation sites (tertiary alicyclic amines) is 1. The summed E-state index contributed by atoms with van der Waals surface area (Å²) in [5.74, 6) is 0.0123. The third-order valence-corrected chi connectivity index (χ3v) is 3.60. The zero-order chi connectivity index (χ0) is 18.1. The minimum atomic E-state index is -0.941. The predicted molar refractivity (Wildman–Crippen MR) is 87.4 cm³/mol. The van der Waals surface area contributed by atoms with Gasteiger partial charge in [0.1, 0.15) is 0 Å². The lowest BCUT2D eigenvalue weighted by molar-refractivity contribution is -0.141. The van der Waals surface area contributed by atoms with Gasteiger partial charge in [0.2, 0.25) is 0 Å². The summed E-state index contributed by atoms with van der Waals surface area (Å²) in [5, 5.41) is 0. The van der Waals surface area contributed by atoms with Crippen LogP contribution in [0.5, 0.6) is 0 Å². The molecule has 0 aromatic carbocycles. The molecule has 0 atom stereocenters. The maximum Gasteiger partial charge on any atom is 0.516 e. The van der Waals surface area contributed by atoms with E-state index >= 15 is 0 Å². The Balaban J connectivity index is 2.24. The summed E-state index contributed by atoms with van der Waals surface area (Å²) in [5.41, 5.74) is 0. The highest BCUT2D eigenvalue weighted by atomic mass is 16.7. The monoisotopic (exact) mass is 343 g/mol. The molecule has 0 bridgehead atoms. The van der Waals surface area contributed by atoms with Gasteiger partial charge in [0.25, 0.3) is 0 Å². The maximum atomic E-state index is 11.9. The summed E-state index contributed by atoms with van der Waals surface area (Å²) in [6.07, 6.45) is 0.288. The molecule has 138 valence electrons. The Kier molecular flexibility index (Phi) is 8.57. The lowest BCUT2D eigenvalue weighted by atomic mass is 9.94. The van der Waals surface area contributed by atoms with E-state index in [1.54, 1.807) is 4.90 Å².